The van der Waals surface area contributed by atoms with Gasteiger partial charge < -0.3 is 10.6 Å². The second-order valence-corrected chi connectivity index (χ2v) is 5.86. The van der Waals surface area contributed by atoms with Gasteiger partial charge in [0.05, 0.1) is 18.1 Å². The van der Waals surface area contributed by atoms with Gasteiger partial charge in [-0.1, -0.05) is 24.4 Å². The van der Waals surface area contributed by atoms with Crippen LogP contribution in [0.25, 0.3) is 0 Å². The quantitative estimate of drug-likeness (QED) is 0.289. The number of halogens is 1. The second kappa shape index (κ2) is 9.80. The fourth-order valence-corrected chi connectivity index (χ4v) is 2.44. The summed E-state index contributed by atoms with van der Waals surface area (Å²) in [5, 5.41) is 19.1. The minimum Gasteiger partial charge on any atom is -0.372 e. The topological polar surface area (TPSA) is 117 Å². The van der Waals surface area contributed by atoms with Crippen molar-refractivity contribution >= 4 is 35.0 Å². The van der Waals surface area contributed by atoms with E-state index in [0.717, 1.165) is 37.9 Å². The molecule has 0 unspecified atom stereocenters. The number of unbranched alkanes of at least 4 members (excludes halogenated alkanes) is 3. The highest BCUT2D eigenvalue weighted by Gasteiger charge is 2.05. The molecule has 136 valence electrons. The Morgan fingerprint density at radius 2 is 2.08 bits per heavy atom. The zero-order chi connectivity index (χ0) is 18.1. The number of aryl methyl sites for hydroxylation is 1. The van der Waals surface area contributed by atoms with E-state index in [1.165, 1.54) is 6.20 Å². The summed E-state index contributed by atoms with van der Waals surface area (Å²) in [6, 6.07) is 0. The van der Waals surface area contributed by atoms with Gasteiger partial charge in [0.1, 0.15) is 10.8 Å². The van der Waals surface area contributed by atoms with Crippen molar-refractivity contribution in [1.82, 2.24) is 25.2 Å². The van der Waals surface area contributed by atoms with E-state index < -0.39 is 0 Å². The van der Waals surface area contributed by atoms with Crippen molar-refractivity contribution in [2.24, 2.45) is 0 Å². The molecular weight excluding hydrogens is 346 g/mol. The minimum atomic E-state index is -0.339. The van der Waals surface area contributed by atoms with Gasteiger partial charge in [-0.2, -0.15) is 10.1 Å². The second-order valence-electron chi connectivity index (χ2n) is 5.46. The Morgan fingerprint density at radius 3 is 2.84 bits per heavy atom. The molecular formula is C15H22ClN7O2. The predicted octanol–water partition coefficient (Wildman–Crippen LogP) is 2.57. The molecule has 4 N–H and O–H groups in total. The molecule has 9 nitrogen and oxygen atoms in total. The van der Waals surface area contributed by atoms with Crippen LogP contribution in [-0.2, 0) is 11.3 Å². The molecule has 0 aliphatic rings. The zero-order valence-electron chi connectivity index (χ0n) is 14.0. The molecule has 2 rings (SSSR count). The minimum absolute atomic E-state index is 0.339. The van der Waals surface area contributed by atoms with E-state index in [9.17, 15) is 4.79 Å². The molecule has 0 saturated carbocycles. The lowest BCUT2D eigenvalue weighted by Gasteiger charge is -2.05. The van der Waals surface area contributed by atoms with Crippen LogP contribution in [0.15, 0.2) is 18.6 Å². The van der Waals surface area contributed by atoms with E-state index in [1.807, 2.05) is 10.9 Å². The molecule has 0 spiro atoms. The van der Waals surface area contributed by atoms with Crippen LogP contribution in [0.1, 0.15) is 32.1 Å². The molecule has 0 aliphatic heterocycles. The van der Waals surface area contributed by atoms with Crippen molar-refractivity contribution in [2.75, 3.05) is 17.7 Å². The lowest BCUT2D eigenvalue weighted by Crippen LogP contribution is -2.17. The van der Waals surface area contributed by atoms with Crippen molar-refractivity contribution in [3.63, 3.8) is 0 Å². The van der Waals surface area contributed by atoms with Gasteiger partial charge in [0.25, 0.3) is 0 Å². The van der Waals surface area contributed by atoms with Crippen LogP contribution in [0.5, 0.6) is 0 Å². The Kier molecular flexibility index (Phi) is 7.42. The number of amides is 1. The Balaban J connectivity index is 1.74. The molecule has 0 radical (unpaired) electrons. The number of carbonyl (C=O) groups excluding carboxylic acids is 1. The number of carbonyl (C=O) groups is 1. The zero-order valence-corrected chi connectivity index (χ0v) is 14.8. The van der Waals surface area contributed by atoms with Gasteiger partial charge in [0, 0.05) is 26.2 Å². The van der Waals surface area contributed by atoms with Crippen molar-refractivity contribution in [3.05, 3.63) is 23.6 Å². The fourth-order valence-electron chi connectivity index (χ4n) is 2.25. The molecule has 0 aromatic carbocycles. The van der Waals surface area contributed by atoms with Crippen molar-refractivity contribution in [3.8, 4) is 0 Å². The van der Waals surface area contributed by atoms with Crippen molar-refractivity contribution in [1.29, 1.82) is 0 Å². The Labute approximate surface area is 150 Å². The molecule has 2 heterocycles. The van der Waals surface area contributed by atoms with Crippen LogP contribution in [0.2, 0.25) is 5.02 Å². The van der Waals surface area contributed by atoms with Crippen LogP contribution in [-0.4, -0.2) is 37.9 Å². The van der Waals surface area contributed by atoms with Crippen LogP contribution < -0.4 is 16.1 Å². The van der Waals surface area contributed by atoms with E-state index in [1.54, 1.807) is 18.7 Å². The number of hydroxylamine groups is 1. The number of nitrogens with one attached hydrogen (secondary N) is 3. The number of aromatic nitrogens is 4. The van der Waals surface area contributed by atoms with Crippen LogP contribution in [0.4, 0.5) is 17.5 Å². The van der Waals surface area contributed by atoms with E-state index in [0.29, 0.717) is 23.2 Å². The molecule has 0 saturated heterocycles. The maximum Gasteiger partial charge on any atom is 0.243 e. The van der Waals surface area contributed by atoms with Crippen LogP contribution in [0.3, 0.4) is 0 Å². The molecule has 25 heavy (non-hydrogen) atoms. The van der Waals surface area contributed by atoms with E-state index >= 15 is 0 Å². The third-order valence-electron chi connectivity index (χ3n) is 3.54. The van der Waals surface area contributed by atoms with Gasteiger partial charge in [-0.25, -0.2) is 10.5 Å². The Morgan fingerprint density at radius 1 is 1.28 bits per heavy atom. The monoisotopic (exact) mass is 367 g/mol. The molecule has 10 heteroatoms. The molecule has 2 aromatic rings. The Hall–Kier alpha value is -2.39. The third kappa shape index (κ3) is 6.20. The summed E-state index contributed by atoms with van der Waals surface area (Å²) < 4.78 is 1.84. The lowest BCUT2D eigenvalue weighted by atomic mass is 10.1. The van der Waals surface area contributed by atoms with Crippen LogP contribution in [0, 0.1) is 0 Å². The third-order valence-corrected chi connectivity index (χ3v) is 3.81. The summed E-state index contributed by atoms with van der Waals surface area (Å²) in [5.41, 5.74) is 2.43. The number of anilines is 3. The lowest BCUT2D eigenvalue weighted by molar-refractivity contribution is -0.129. The summed E-state index contributed by atoms with van der Waals surface area (Å²) in [5.74, 6) is 0.658. The molecule has 0 fully saturated rings. The van der Waals surface area contributed by atoms with E-state index in [4.69, 9.17) is 16.8 Å². The van der Waals surface area contributed by atoms with Gasteiger partial charge in [0.2, 0.25) is 11.9 Å². The van der Waals surface area contributed by atoms with Gasteiger partial charge in [-0.15, -0.1) is 0 Å². The molecule has 0 bridgehead atoms. The highest BCUT2D eigenvalue weighted by Crippen LogP contribution is 2.20. The summed E-state index contributed by atoms with van der Waals surface area (Å²) in [7, 11) is 1.74. The van der Waals surface area contributed by atoms with Gasteiger partial charge in [0.15, 0.2) is 0 Å². The summed E-state index contributed by atoms with van der Waals surface area (Å²) >= 11 is 5.96. The maximum atomic E-state index is 10.9. The molecule has 0 aliphatic carbocycles. The highest BCUT2D eigenvalue weighted by molar-refractivity contribution is 6.32. The fraction of sp³-hybridized carbons (Fsp3) is 0.467. The van der Waals surface area contributed by atoms with Gasteiger partial charge in [-0.3, -0.25) is 14.7 Å². The average Bonchev–Trinajstić information content (AvgIpc) is 3.06. The standard InChI is InChI=1S/C15H22ClN7O2/c1-17-14-12(16)9-18-15(21-14)20-11-8-19-23(10-11)7-5-3-2-4-6-13(24)22-25/h8-10,25H,2-7H2,1H3,(H,22,24)(H2,17,18,20,21). The normalized spacial score (nSPS) is 10.5. The number of hydrogen-bond acceptors (Lipinski definition) is 7. The first kappa shape index (κ1) is 18.9. The van der Waals surface area contributed by atoms with Gasteiger partial charge >= 0.3 is 0 Å². The summed E-state index contributed by atoms with van der Waals surface area (Å²) in [4.78, 5) is 19.3. The first-order valence-electron chi connectivity index (χ1n) is 8.05. The van der Waals surface area contributed by atoms with E-state index in [-0.39, 0.29) is 5.91 Å². The Bertz CT molecular complexity index is 692. The SMILES string of the molecule is CNc1nc(Nc2cnn(CCCCCCC(=O)NO)c2)ncc1Cl. The first-order chi connectivity index (χ1) is 12.1. The molecule has 1 amide bonds. The average molecular weight is 368 g/mol. The predicted molar refractivity (Wildman–Crippen MR) is 95.1 cm³/mol. The number of nitrogens with zero attached hydrogens (tertiary/aromatic N) is 4. The maximum absolute atomic E-state index is 10.9. The van der Waals surface area contributed by atoms with Gasteiger partial charge in [-0.05, 0) is 12.8 Å². The van der Waals surface area contributed by atoms with E-state index in [2.05, 4.69) is 25.7 Å². The smallest absolute Gasteiger partial charge is 0.243 e. The number of hydrogen-bond donors (Lipinski definition) is 4. The van der Waals surface area contributed by atoms with Crippen molar-refractivity contribution in [2.45, 2.75) is 38.6 Å². The molecule has 0 atom stereocenters. The summed E-state index contributed by atoms with van der Waals surface area (Å²) in [6.45, 7) is 0.789. The molecule has 2 aromatic heterocycles. The summed E-state index contributed by atoms with van der Waals surface area (Å²) in [6.07, 6.45) is 9.13. The number of rotatable bonds is 10. The first-order valence-corrected chi connectivity index (χ1v) is 8.43. The van der Waals surface area contributed by atoms with Crippen LogP contribution >= 0.6 is 11.6 Å². The van der Waals surface area contributed by atoms with Crippen molar-refractivity contribution < 1.29 is 10.0 Å². The largest absolute Gasteiger partial charge is 0.372 e. The highest BCUT2D eigenvalue weighted by atomic mass is 35.5.